The van der Waals surface area contributed by atoms with E-state index in [1.807, 2.05) is 42.2 Å². The van der Waals surface area contributed by atoms with Crippen LogP contribution in [0.4, 0.5) is 5.69 Å². The van der Waals surface area contributed by atoms with Gasteiger partial charge in [0, 0.05) is 55.8 Å². The van der Waals surface area contributed by atoms with Crippen molar-refractivity contribution < 1.29 is 0 Å². The molecule has 1 fully saturated rings. The van der Waals surface area contributed by atoms with Gasteiger partial charge in [0.1, 0.15) is 0 Å². The number of rotatable bonds is 6. The van der Waals surface area contributed by atoms with Crippen LogP contribution in [0.2, 0.25) is 5.02 Å². The number of aromatic nitrogens is 2. The molecule has 1 aliphatic rings. The second-order valence-electron chi connectivity index (χ2n) is 7.45. The van der Waals surface area contributed by atoms with Crippen LogP contribution >= 0.6 is 11.6 Å². The van der Waals surface area contributed by atoms with Gasteiger partial charge in [-0.3, -0.25) is 9.67 Å². The molecular formula is C23H27ClN6. The number of halogens is 1. The zero-order valence-corrected chi connectivity index (χ0v) is 17.9. The van der Waals surface area contributed by atoms with Crippen molar-refractivity contribution in [3.05, 3.63) is 83.1 Å². The SMILES string of the molecule is CN=C(NCc1ccccc1Cn1cccn1)NC1CCN(c2cccc(Cl)c2)C1. The molecule has 2 N–H and O–H groups in total. The molecule has 3 aromatic rings. The lowest BCUT2D eigenvalue weighted by atomic mass is 10.1. The Bertz CT molecular complexity index is 985. The van der Waals surface area contributed by atoms with Crippen LogP contribution in [-0.4, -0.2) is 41.9 Å². The molecule has 7 heteroatoms. The molecule has 30 heavy (non-hydrogen) atoms. The largest absolute Gasteiger partial charge is 0.369 e. The molecule has 2 aromatic carbocycles. The molecule has 2 heterocycles. The standard InChI is InChI=1S/C23H27ClN6/c1-25-23(28-21-10-13-29(17-21)22-9-4-8-20(24)14-22)26-15-18-6-2-3-7-19(18)16-30-12-5-11-27-30/h2-9,11-12,14,21H,10,13,15-17H2,1H3,(H2,25,26,28). The van der Waals surface area contributed by atoms with E-state index in [1.54, 1.807) is 6.20 Å². The van der Waals surface area contributed by atoms with Crippen LogP contribution < -0.4 is 15.5 Å². The van der Waals surface area contributed by atoms with E-state index in [1.165, 1.54) is 16.8 Å². The Hall–Kier alpha value is -2.99. The average molecular weight is 423 g/mol. The van der Waals surface area contributed by atoms with E-state index in [-0.39, 0.29) is 0 Å². The molecule has 4 rings (SSSR count). The quantitative estimate of drug-likeness (QED) is 0.471. The summed E-state index contributed by atoms with van der Waals surface area (Å²) in [5.41, 5.74) is 3.65. The number of benzene rings is 2. The molecule has 0 radical (unpaired) electrons. The van der Waals surface area contributed by atoms with Crippen molar-refractivity contribution in [3.8, 4) is 0 Å². The summed E-state index contributed by atoms with van der Waals surface area (Å²) in [6.45, 7) is 3.40. The van der Waals surface area contributed by atoms with Crippen LogP contribution in [0.15, 0.2) is 72.0 Å². The molecule has 1 saturated heterocycles. The second-order valence-corrected chi connectivity index (χ2v) is 7.89. The van der Waals surface area contributed by atoms with Crippen molar-refractivity contribution in [1.29, 1.82) is 0 Å². The lowest BCUT2D eigenvalue weighted by Crippen LogP contribution is -2.44. The minimum Gasteiger partial charge on any atom is -0.369 e. The summed E-state index contributed by atoms with van der Waals surface area (Å²) in [6, 6.07) is 18.8. The molecule has 0 spiro atoms. The third kappa shape index (κ3) is 5.13. The molecular weight excluding hydrogens is 396 g/mol. The Balaban J connectivity index is 1.33. The number of aliphatic imine (C=N–C) groups is 1. The summed E-state index contributed by atoms with van der Waals surface area (Å²) >= 11 is 6.15. The Labute approximate surface area is 182 Å². The predicted molar refractivity (Wildman–Crippen MR) is 123 cm³/mol. The van der Waals surface area contributed by atoms with Crippen molar-refractivity contribution in [3.63, 3.8) is 0 Å². The first-order chi connectivity index (χ1) is 14.7. The molecule has 1 unspecified atom stereocenters. The van der Waals surface area contributed by atoms with Crippen LogP contribution in [0, 0.1) is 0 Å². The first kappa shape index (κ1) is 20.3. The number of anilines is 1. The van der Waals surface area contributed by atoms with Crippen LogP contribution in [0.3, 0.4) is 0 Å². The van der Waals surface area contributed by atoms with Crippen LogP contribution in [-0.2, 0) is 13.1 Å². The van der Waals surface area contributed by atoms with E-state index in [9.17, 15) is 0 Å². The predicted octanol–water partition coefficient (Wildman–Crippen LogP) is 3.53. The molecule has 0 bridgehead atoms. The second kappa shape index (κ2) is 9.67. The van der Waals surface area contributed by atoms with Gasteiger partial charge in [-0.1, -0.05) is 41.9 Å². The molecule has 0 saturated carbocycles. The number of nitrogens with one attached hydrogen (secondary N) is 2. The van der Waals surface area contributed by atoms with Crippen molar-refractivity contribution in [2.75, 3.05) is 25.0 Å². The maximum absolute atomic E-state index is 6.15. The van der Waals surface area contributed by atoms with Crippen molar-refractivity contribution in [1.82, 2.24) is 20.4 Å². The third-order valence-corrected chi connectivity index (χ3v) is 5.62. The van der Waals surface area contributed by atoms with Crippen molar-refractivity contribution in [2.24, 2.45) is 4.99 Å². The summed E-state index contributed by atoms with van der Waals surface area (Å²) in [5, 5.41) is 12.1. The first-order valence-electron chi connectivity index (χ1n) is 10.2. The molecule has 1 atom stereocenters. The van der Waals surface area contributed by atoms with Crippen molar-refractivity contribution >= 4 is 23.2 Å². The van der Waals surface area contributed by atoms with Gasteiger partial charge in [0.2, 0.25) is 0 Å². The van der Waals surface area contributed by atoms with E-state index >= 15 is 0 Å². The fraction of sp³-hybridized carbons (Fsp3) is 0.304. The van der Waals surface area contributed by atoms with Crippen LogP contribution in [0.5, 0.6) is 0 Å². The smallest absolute Gasteiger partial charge is 0.191 e. The van der Waals surface area contributed by atoms with Crippen LogP contribution in [0.1, 0.15) is 17.5 Å². The molecule has 156 valence electrons. The highest BCUT2D eigenvalue weighted by atomic mass is 35.5. The van der Waals surface area contributed by atoms with Gasteiger partial charge in [-0.15, -0.1) is 0 Å². The average Bonchev–Trinajstić information content (AvgIpc) is 3.44. The Morgan fingerprint density at radius 2 is 2.03 bits per heavy atom. The summed E-state index contributed by atoms with van der Waals surface area (Å²) in [4.78, 5) is 6.78. The number of guanidine groups is 1. The van der Waals surface area contributed by atoms with Gasteiger partial charge < -0.3 is 15.5 Å². The summed E-state index contributed by atoms with van der Waals surface area (Å²) in [5.74, 6) is 0.821. The minimum absolute atomic E-state index is 0.342. The molecule has 6 nitrogen and oxygen atoms in total. The molecule has 1 aromatic heterocycles. The monoisotopic (exact) mass is 422 g/mol. The summed E-state index contributed by atoms with van der Waals surface area (Å²) in [7, 11) is 1.81. The van der Waals surface area contributed by atoms with Crippen molar-refractivity contribution in [2.45, 2.75) is 25.6 Å². The number of nitrogens with zero attached hydrogens (tertiary/aromatic N) is 4. The Morgan fingerprint density at radius 1 is 1.17 bits per heavy atom. The van der Waals surface area contributed by atoms with E-state index in [2.05, 4.69) is 56.0 Å². The summed E-state index contributed by atoms with van der Waals surface area (Å²) in [6.07, 6.45) is 4.85. The Kier molecular flexibility index (Phi) is 6.54. The van der Waals surface area contributed by atoms with E-state index in [0.29, 0.717) is 12.6 Å². The minimum atomic E-state index is 0.342. The van der Waals surface area contributed by atoms with Gasteiger partial charge in [-0.25, -0.2) is 0 Å². The van der Waals surface area contributed by atoms with Gasteiger partial charge in [0.05, 0.1) is 6.54 Å². The molecule has 1 aliphatic heterocycles. The first-order valence-corrected chi connectivity index (χ1v) is 10.6. The fourth-order valence-corrected chi connectivity index (χ4v) is 3.99. The topological polar surface area (TPSA) is 57.5 Å². The highest BCUT2D eigenvalue weighted by Gasteiger charge is 2.23. The Morgan fingerprint density at radius 3 is 2.80 bits per heavy atom. The zero-order chi connectivity index (χ0) is 20.8. The normalized spacial score (nSPS) is 16.7. The highest BCUT2D eigenvalue weighted by Crippen LogP contribution is 2.23. The van der Waals surface area contributed by atoms with E-state index < -0.39 is 0 Å². The molecule has 0 amide bonds. The third-order valence-electron chi connectivity index (χ3n) is 5.38. The van der Waals surface area contributed by atoms with Gasteiger partial charge in [-0.05, 0) is 41.8 Å². The zero-order valence-electron chi connectivity index (χ0n) is 17.1. The lowest BCUT2D eigenvalue weighted by Gasteiger charge is -2.21. The van der Waals surface area contributed by atoms with Gasteiger partial charge in [0.25, 0.3) is 0 Å². The van der Waals surface area contributed by atoms with Gasteiger partial charge >= 0.3 is 0 Å². The maximum atomic E-state index is 6.15. The van der Waals surface area contributed by atoms with Gasteiger partial charge in [-0.2, -0.15) is 5.10 Å². The number of hydrogen-bond acceptors (Lipinski definition) is 3. The van der Waals surface area contributed by atoms with Gasteiger partial charge in [0.15, 0.2) is 5.96 Å². The van der Waals surface area contributed by atoms with E-state index in [4.69, 9.17) is 11.6 Å². The van der Waals surface area contributed by atoms with E-state index in [0.717, 1.165) is 37.0 Å². The van der Waals surface area contributed by atoms with Crippen LogP contribution in [0.25, 0.3) is 0 Å². The lowest BCUT2D eigenvalue weighted by molar-refractivity contribution is 0.645. The number of hydrogen-bond donors (Lipinski definition) is 2. The fourth-order valence-electron chi connectivity index (χ4n) is 3.81. The highest BCUT2D eigenvalue weighted by molar-refractivity contribution is 6.30. The maximum Gasteiger partial charge on any atom is 0.191 e. The molecule has 0 aliphatic carbocycles. The summed E-state index contributed by atoms with van der Waals surface area (Å²) < 4.78 is 1.94.